The van der Waals surface area contributed by atoms with Crippen molar-refractivity contribution in [2.45, 2.75) is 38.5 Å². The minimum atomic E-state index is -0.217. The van der Waals surface area contributed by atoms with E-state index >= 15 is 0 Å². The zero-order valence-corrected chi connectivity index (χ0v) is 16.7. The summed E-state index contributed by atoms with van der Waals surface area (Å²) in [7, 11) is 0. The number of aromatic nitrogens is 2. The van der Waals surface area contributed by atoms with Gasteiger partial charge in [-0.05, 0) is 50.9 Å². The van der Waals surface area contributed by atoms with Gasteiger partial charge in [0, 0.05) is 25.9 Å². The van der Waals surface area contributed by atoms with Crippen molar-refractivity contribution in [3.05, 3.63) is 40.4 Å². The molecule has 2 amide bonds. The van der Waals surface area contributed by atoms with Gasteiger partial charge >= 0.3 is 0 Å². The molecule has 2 heterocycles. The summed E-state index contributed by atoms with van der Waals surface area (Å²) in [5, 5.41) is 3.51. The molecule has 1 atom stereocenters. The summed E-state index contributed by atoms with van der Waals surface area (Å²) in [6, 6.07) is 7.22. The monoisotopic (exact) mass is 399 g/mol. The number of piperidine rings is 1. The number of nitrogens with zero attached hydrogens (tertiary/aromatic N) is 2. The van der Waals surface area contributed by atoms with Crippen LogP contribution < -0.4 is 16.6 Å². The third-order valence-electron chi connectivity index (χ3n) is 5.36. The van der Waals surface area contributed by atoms with Gasteiger partial charge in [-0.15, -0.1) is 0 Å². The van der Waals surface area contributed by atoms with Gasteiger partial charge in [-0.25, -0.2) is 4.98 Å². The molecule has 29 heavy (non-hydrogen) atoms. The molecule has 8 nitrogen and oxygen atoms in total. The van der Waals surface area contributed by atoms with Crippen molar-refractivity contribution >= 4 is 22.7 Å². The number of primary amides is 1. The molecule has 0 aliphatic carbocycles. The number of nitrogens with two attached hydrogens (primary N) is 1. The van der Waals surface area contributed by atoms with E-state index in [9.17, 15) is 14.4 Å². The zero-order chi connectivity index (χ0) is 20.6. The van der Waals surface area contributed by atoms with Gasteiger partial charge in [0.2, 0.25) is 11.8 Å². The number of aryl methyl sites for hydroxylation is 1. The maximum absolute atomic E-state index is 12.1. The summed E-state index contributed by atoms with van der Waals surface area (Å²) in [5.74, 6) is 0.344. The van der Waals surface area contributed by atoms with Crippen LogP contribution >= 0.6 is 0 Å². The molecule has 1 aromatic carbocycles. The number of nitrogens with one attached hydrogen (secondary N) is 2. The van der Waals surface area contributed by atoms with Gasteiger partial charge in [-0.2, -0.15) is 0 Å². The molecule has 8 heteroatoms. The van der Waals surface area contributed by atoms with Crippen molar-refractivity contribution in [2.24, 2.45) is 11.7 Å². The Morgan fingerprint density at radius 3 is 2.93 bits per heavy atom. The standard InChI is InChI=1S/C21H29N5O3/c22-20(28)15-6-4-12-26(14-15)13-5-11-23-19(27)10-3-9-18-24-17-8-2-1-7-16(17)21(29)25-18/h1-2,7-8,15H,3-6,9-14H2,(H2,22,28)(H,23,27)(H,24,25,29). The van der Waals surface area contributed by atoms with Crippen molar-refractivity contribution in [2.75, 3.05) is 26.2 Å². The number of benzene rings is 1. The minimum Gasteiger partial charge on any atom is -0.369 e. The van der Waals surface area contributed by atoms with E-state index in [1.807, 2.05) is 18.2 Å². The van der Waals surface area contributed by atoms with E-state index in [1.54, 1.807) is 6.07 Å². The van der Waals surface area contributed by atoms with Crippen molar-refractivity contribution in [1.82, 2.24) is 20.2 Å². The van der Waals surface area contributed by atoms with Crippen LogP contribution in [0.1, 0.15) is 37.9 Å². The van der Waals surface area contributed by atoms with Gasteiger partial charge in [-0.1, -0.05) is 12.1 Å². The molecular formula is C21H29N5O3. The third-order valence-corrected chi connectivity index (χ3v) is 5.36. The second-order valence-corrected chi connectivity index (χ2v) is 7.63. The predicted octanol–water partition coefficient (Wildman–Crippen LogP) is 0.949. The van der Waals surface area contributed by atoms with Crippen LogP contribution in [0, 0.1) is 5.92 Å². The Balaban J connectivity index is 1.33. The lowest BCUT2D eigenvalue weighted by molar-refractivity contribution is -0.123. The van der Waals surface area contributed by atoms with Crippen LogP contribution in [-0.2, 0) is 16.0 Å². The Morgan fingerprint density at radius 1 is 1.28 bits per heavy atom. The lowest BCUT2D eigenvalue weighted by atomic mass is 9.97. The Labute approximate surface area is 169 Å². The number of carbonyl (C=O) groups is 2. The number of carbonyl (C=O) groups excluding carboxylic acids is 2. The largest absolute Gasteiger partial charge is 0.369 e. The molecule has 1 fully saturated rings. The highest BCUT2D eigenvalue weighted by Crippen LogP contribution is 2.15. The quantitative estimate of drug-likeness (QED) is 0.542. The maximum Gasteiger partial charge on any atom is 0.258 e. The van der Waals surface area contributed by atoms with Gasteiger partial charge in [0.05, 0.1) is 16.8 Å². The predicted molar refractivity (Wildman–Crippen MR) is 111 cm³/mol. The molecule has 1 saturated heterocycles. The van der Waals surface area contributed by atoms with E-state index in [-0.39, 0.29) is 23.3 Å². The Kier molecular flexibility index (Phi) is 7.35. The van der Waals surface area contributed by atoms with Crippen LogP contribution in [0.25, 0.3) is 10.9 Å². The number of likely N-dealkylation sites (tertiary alicyclic amines) is 1. The molecule has 1 unspecified atom stereocenters. The molecule has 0 spiro atoms. The van der Waals surface area contributed by atoms with Gasteiger partial charge in [0.1, 0.15) is 5.82 Å². The normalized spacial score (nSPS) is 17.3. The average Bonchev–Trinajstić information content (AvgIpc) is 2.71. The second-order valence-electron chi connectivity index (χ2n) is 7.63. The van der Waals surface area contributed by atoms with Crippen LogP contribution in [-0.4, -0.2) is 52.9 Å². The number of amides is 2. The highest BCUT2D eigenvalue weighted by molar-refractivity contribution is 5.77. The number of rotatable bonds is 9. The summed E-state index contributed by atoms with van der Waals surface area (Å²) in [4.78, 5) is 44.9. The minimum absolute atomic E-state index is 0.00166. The van der Waals surface area contributed by atoms with Crippen molar-refractivity contribution in [3.8, 4) is 0 Å². The smallest absolute Gasteiger partial charge is 0.258 e. The van der Waals surface area contributed by atoms with Crippen LogP contribution in [0.4, 0.5) is 0 Å². The Morgan fingerprint density at radius 2 is 2.10 bits per heavy atom. The fourth-order valence-electron chi connectivity index (χ4n) is 3.78. The molecule has 2 aromatic rings. The first-order valence-corrected chi connectivity index (χ1v) is 10.3. The molecule has 3 rings (SSSR count). The molecule has 0 saturated carbocycles. The maximum atomic E-state index is 12.1. The van der Waals surface area contributed by atoms with E-state index < -0.39 is 0 Å². The van der Waals surface area contributed by atoms with Crippen LogP contribution in [0.5, 0.6) is 0 Å². The summed E-state index contributed by atoms with van der Waals surface area (Å²) < 4.78 is 0. The summed E-state index contributed by atoms with van der Waals surface area (Å²) in [6.07, 6.45) is 4.28. The number of hydrogen-bond acceptors (Lipinski definition) is 5. The molecule has 1 aliphatic heterocycles. The van der Waals surface area contributed by atoms with E-state index in [0.717, 1.165) is 38.9 Å². The molecule has 156 valence electrons. The first-order chi connectivity index (χ1) is 14.0. The van der Waals surface area contributed by atoms with E-state index in [2.05, 4.69) is 20.2 Å². The fraction of sp³-hybridized carbons (Fsp3) is 0.524. The first kappa shape index (κ1) is 21.0. The highest BCUT2D eigenvalue weighted by atomic mass is 16.2. The summed E-state index contributed by atoms with van der Waals surface area (Å²) in [5.41, 5.74) is 5.93. The number of hydrogen-bond donors (Lipinski definition) is 3. The van der Waals surface area contributed by atoms with Crippen molar-refractivity contribution in [1.29, 1.82) is 0 Å². The van der Waals surface area contributed by atoms with Gasteiger partial charge in [-0.3, -0.25) is 14.4 Å². The molecule has 0 radical (unpaired) electrons. The lowest BCUT2D eigenvalue weighted by Crippen LogP contribution is -2.42. The SMILES string of the molecule is NC(=O)C1CCCN(CCCNC(=O)CCCc2nc3ccccc3c(=O)[nH]2)C1. The summed E-state index contributed by atoms with van der Waals surface area (Å²) in [6.45, 7) is 3.17. The number of H-pyrrole nitrogens is 1. The topological polar surface area (TPSA) is 121 Å². The van der Waals surface area contributed by atoms with Gasteiger partial charge < -0.3 is 20.9 Å². The molecule has 1 aromatic heterocycles. The Bertz CT molecular complexity index is 911. The number of aromatic amines is 1. The first-order valence-electron chi connectivity index (χ1n) is 10.3. The van der Waals surface area contributed by atoms with Crippen LogP contribution in [0.3, 0.4) is 0 Å². The number of fused-ring (bicyclic) bond motifs is 1. The van der Waals surface area contributed by atoms with Crippen LogP contribution in [0.15, 0.2) is 29.1 Å². The van der Waals surface area contributed by atoms with Crippen LogP contribution in [0.2, 0.25) is 0 Å². The van der Waals surface area contributed by atoms with Gasteiger partial charge in [0.25, 0.3) is 5.56 Å². The van der Waals surface area contributed by atoms with Crippen molar-refractivity contribution < 1.29 is 9.59 Å². The Hall–Kier alpha value is -2.74. The second kappa shape index (κ2) is 10.2. The van der Waals surface area contributed by atoms with E-state index in [4.69, 9.17) is 5.73 Å². The van der Waals surface area contributed by atoms with E-state index in [0.29, 0.717) is 42.5 Å². The molecule has 0 bridgehead atoms. The highest BCUT2D eigenvalue weighted by Gasteiger charge is 2.23. The van der Waals surface area contributed by atoms with Crippen molar-refractivity contribution in [3.63, 3.8) is 0 Å². The van der Waals surface area contributed by atoms with Gasteiger partial charge in [0.15, 0.2) is 0 Å². The summed E-state index contributed by atoms with van der Waals surface area (Å²) >= 11 is 0. The molecule has 1 aliphatic rings. The fourth-order valence-corrected chi connectivity index (χ4v) is 3.78. The lowest BCUT2D eigenvalue weighted by Gasteiger charge is -2.31. The molecular weight excluding hydrogens is 370 g/mol. The number of para-hydroxylation sites is 1. The van der Waals surface area contributed by atoms with E-state index in [1.165, 1.54) is 0 Å². The third kappa shape index (κ3) is 6.12. The average molecular weight is 399 g/mol. The zero-order valence-electron chi connectivity index (χ0n) is 16.7. The molecule has 4 N–H and O–H groups in total.